The van der Waals surface area contributed by atoms with Crippen molar-refractivity contribution < 1.29 is 4.79 Å². The van der Waals surface area contributed by atoms with Crippen molar-refractivity contribution in [2.45, 2.75) is 6.92 Å². The summed E-state index contributed by atoms with van der Waals surface area (Å²) < 4.78 is 0. The minimum atomic E-state index is 0.520. The van der Waals surface area contributed by atoms with E-state index in [1.165, 1.54) is 0 Å². The van der Waals surface area contributed by atoms with Gasteiger partial charge in [0.15, 0.2) is 0 Å². The maximum absolute atomic E-state index is 9.77. The van der Waals surface area contributed by atoms with Crippen LogP contribution in [0.5, 0.6) is 0 Å². The Morgan fingerprint density at radius 1 is 1.64 bits per heavy atom. The number of hydrazone groups is 1. The lowest BCUT2D eigenvalue weighted by Crippen LogP contribution is -2.00. The molecule has 0 aliphatic heterocycles. The normalized spacial score (nSPS) is 10.3. The number of amides is 1. The van der Waals surface area contributed by atoms with Gasteiger partial charge in [0, 0.05) is 5.69 Å². The van der Waals surface area contributed by atoms with Crippen LogP contribution in [0, 0.1) is 6.92 Å². The topological polar surface area (TPSA) is 57.2 Å². The van der Waals surface area contributed by atoms with Crippen LogP contribution in [0.3, 0.4) is 0 Å². The number of aromatic amines is 1. The van der Waals surface area contributed by atoms with Crippen LogP contribution in [-0.4, -0.2) is 17.6 Å². The van der Waals surface area contributed by atoms with Crippen LogP contribution >= 0.6 is 0 Å². The van der Waals surface area contributed by atoms with E-state index in [1.807, 2.05) is 19.1 Å². The van der Waals surface area contributed by atoms with E-state index in [4.69, 9.17) is 0 Å². The summed E-state index contributed by atoms with van der Waals surface area (Å²) in [5.74, 6) is 0. The molecule has 1 aromatic rings. The Balaban J connectivity index is 2.56. The van der Waals surface area contributed by atoms with Crippen molar-refractivity contribution in [3.05, 3.63) is 23.5 Å². The van der Waals surface area contributed by atoms with E-state index >= 15 is 0 Å². The van der Waals surface area contributed by atoms with Crippen molar-refractivity contribution in [3.8, 4) is 0 Å². The fraction of sp³-hybridized carbons (Fsp3) is 0.143. The van der Waals surface area contributed by atoms with E-state index in [-0.39, 0.29) is 0 Å². The Kier molecular flexibility index (Phi) is 2.43. The molecular weight excluding hydrogens is 142 g/mol. The monoisotopic (exact) mass is 151 g/mol. The van der Waals surface area contributed by atoms with Gasteiger partial charge in [0.2, 0.25) is 6.41 Å². The fourth-order valence-electron chi connectivity index (χ4n) is 0.738. The predicted octanol–water partition coefficient (Wildman–Crippen LogP) is 0.403. The Bertz CT molecular complexity index is 264. The molecule has 2 N–H and O–H groups in total. The van der Waals surface area contributed by atoms with Crippen LogP contribution in [-0.2, 0) is 4.79 Å². The molecule has 0 fully saturated rings. The first kappa shape index (κ1) is 7.53. The third-order valence-corrected chi connectivity index (χ3v) is 1.19. The van der Waals surface area contributed by atoms with Gasteiger partial charge in [-0.2, -0.15) is 5.10 Å². The number of aryl methyl sites for hydroxylation is 1. The molecule has 4 nitrogen and oxygen atoms in total. The molecule has 0 aromatic carbocycles. The van der Waals surface area contributed by atoms with Crippen molar-refractivity contribution in [3.63, 3.8) is 0 Å². The van der Waals surface area contributed by atoms with Gasteiger partial charge in [-0.25, -0.2) is 5.43 Å². The summed E-state index contributed by atoms with van der Waals surface area (Å²) in [6, 6.07) is 3.81. The van der Waals surface area contributed by atoms with Gasteiger partial charge in [0.25, 0.3) is 0 Å². The van der Waals surface area contributed by atoms with Gasteiger partial charge in [-0.05, 0) is 19.1 Å². The van der Waals surface area contributed by atoms with E-state index in [9.17, 15) is 4.79 Å². The number of carbonyl (C=O) groups excluding carboxylic acids is 1. The van der Waals surface area contributed by atoms with Crippen LogP contribution in [0.4, 0.5) is 0 Å². The third kappa shape index (κ3) is 2.25. The van der Waals surface area contributed by atoms with Crippen molar-refractivity contribution in [2.75, 3.05) is 0 Å². The first-order valence-corrected chi connectivity index (χ1v) is 3.21. The predicted molar refractivity (Wildman–Crippen MR) is 42.3 cm³/mol. The van der Waals surface area contributed by atoms with Gasteiger partial charge in [-0.1, -0.05) is 0 Å². The molecular formula is C7H9N3O. The first-order chi connectivity index (χ1) is 5.33. The lowest BCUT2D eigenvalue weighted by atomic mass is 10.4. The van der Waals surface area contributed by atoms with Gasteiger partial charge < -0.3 is 4.98 Å². The molecule has 0 spiro atoms. The minimum Gasteiger partial charge on any atom is -0.358 e. The highest BCUT2D eigenvalue weighted by Gasteiger charge is 1.88. The summed E-state index contributed by atoms with van der Waals surface area (Å²) >= 11 is 0. The number of aromatic nitrogens is 1. The molecule has 1 amide bonds. The molecule has 58 valence electrons. The van der Waals surface area contributed by atoms with Crippen molar-refractivity contribution in [1.29, 1.82) is 0 Å². The summed E-state index contributed by atoms with van der Waals surface area (Å²) in [6.07, 6.45) is 2.06. The number of carbonyl (C=O) groups is 1. The molecule has 11 heavy (non-hydrogen) atoms. The van der Waals surface area contributed by atoms with Crippen LogP contribution in [0.25, 0.3) is 0 Å². The average Bonchev–Trinajstić information content (AvgIpc) is 2.37. The molecule has 0 bridgehead atoms. The molecule has 4 heteroatoms. The first-order valence-electron chi connectivity index (χ1n) is 3.21. The fourth-order valence-corrected chi connectivity index (χ4v) is 0.738. The second-order valence-corrected chi connectivity index (χ2v) is 2.10. The zero-order valence-electron chi connectivity index (χ0n) is 6.16. The van der Waals surface area contributed by atoms with E-state index in [0.29, 0.717) is 6.41 Å². The summed E-state index contributed by atoms with van der Waals surface area (Å²) in [4.78, 5) is 12.8. The highest BCUT2D eigenvalue weighted by atomic mass is 16.1. The Hall–Kier alpha value is -1.58. The molecule has 0 aliphatic carbocycles. The second-order valence-electron chi connectivity index (χ2n) is 2.10. The lowest BCUT2D eigenvalue weighted by Gasteiger charge is -1.84. The average molecular weight is 151 g/mol. The van der Waals surface area contributed by atoms with E-state index in [0.717, 1.165) is 11.4 Å². The summed E-state index contributed by atoms with van der Waals surface area (Å²) in [6.45, 7) is 1.95. The number of rotatable bonds is 3. The number of hydrogen-bond acceptors (Lipinski definition) is 2. The van der Waals surface area contributed by atoms with Crippen molar-refractivity contribution >= 4 is 12.6 Å². The van der Waals surface area contributed by atoms with Crippen LogP contribution in [0.1, 0.15) is 11.4 Å². The van der Waals surface area contributed by atoms with Gasteiger partial charge in [0.05, 0.1) is 11.9 Å². The van der Waals surface area contributed by atoms with Crippen LogP contribution in [0.15, 0.2) is 17.2 Å². The standard InChI is InChI=1S/C7H9N3O/c1-6-2-3-7(10-6)4-8-9-5-11/h2-5,10H,1H3,(H,9,11). The lowest BCUT2D eigenvalue weighted by molar-refractivity contribution is -0.109. The van der Waals surface area contributed by atoms with Crippen molar-refractivity contribution in [1.82, 2.24) is 10.4 Å². The zero-order chi connectivity index (χ0) is 8.10. The van der Waals surface area contributed by atoms with E-state index < -0.39 is 0 Å². The molecule has 0 atom stereocenters. The molecule has 1 rings (SSSR count). The minimum absolute atomic E-state index is 0.520. The van der Waals surface area contributed by atoms with E-state index in [2.05, 4.69) is 15.5 Å². The number of nitrogens with zero attached hydrogens (tertiary/aromatic N) is 1. The van der Waals surface area contributed by atoms with E-state index in [1.54, 1.807) is 6.21 Å². The van der Waals surface area contributed by atoms with Gasteiger partial charge in [0.1, 0.15) is 0 Å². The van der Waals surface area contributed by atoms with Gasteiger partial charge >= 0.3 is 0 Å². The summed E-state index contributed by atoms with van der Waals surface area (Å²) in [5.41, 5.74) is 4.11. The van der Waals surface area contributed by atoms with Gasteiger partial charge in [-0.15, -0.1) is 0 Å². The maximum Gasteiger partial charge on any atom is 0.227 e. The van der Waals surface area contributed by atoms with Gasteiger partial charge in [-0.3, -0.25) is 4.79 Å². The molecule has 1 aromatic heterocycles. The SMILES string of the molecule is Cc1ccc(C=NNC=O)[nH]1. The zero-order valence-corrected chi connectivity index (χ0v) is 6.16. The van der Waals surface area contributed by atoms with Crippen LogP contribution < -0.4 is 5.43 Å². The molecule has 0 saturated heterocycles. The molecule has 1 heterocycles. The number of nitrogens with one attached hydrogen (secondary N) is 2. The van der Waals surface area contributed by atoms with Crippen LogP contribution in [0.2, 0.25) is 0 Å². The smallest absolute Gasteiger partial charge is 0.227 e. The highest BCUT2D eigenvalue weighted by molar-refractivity contribution is 5.77. The Labute approximate surface area is 64.3 Å². The Morgan fingerprint density at radius 2 is 2.45 bits per heavy atom. The number of hydrogen-bond donors (Lipinski definition) is 2. The second kappa shape index (κ2) is 3.55. The quantitative estimate of drug-likeness (QED) is 0.367. The summed E-state index contributed by atoms with van der Waals surface area (Å²) in [5, 5.41) is 3.60. The molecule has 0 aliphatic rings. The highest BCUT2D eigenvalue weighted by Crippen LogP contribution is 1.95. The maximum atomic E-state index is 9.77. The Morgan fingerprint density at radius 3 is 3.00 bits per heavy atom. The largest absolute Gasteiger partial charge is 0.358 e. The van der Waals surface area contributed by atoms with Crippen molar-refractivity contribution in [2.24, 2.45) is 5.10 Å². The molecule has 0 unspecified atom stereocenters. The molecule has 0 saturated carbocycles. The molecule has 0 radical (unpaired) electrons. The summed E-state index contributed by atoms with van der Waals surface area (Å²) in [7, 11) is 0. The third-order valence-electron chi connectivity index (χ3n) is 1.19. The number of H-pyrrole nitrogens is 1.